The second-order valence-electron chi connectivity index (χ2n) is 21.8. The molecule has 26 heteroatoms. The number of halogens is 1. The minimum Gasteiger partial charge on any atom is -0.483 e. The smallest absolute Gasteiger partial charge is 0.293 e. The van der Waals surface area contributed by atoms with Crippen molar-refractivity contribution in [2.75, 3.05) is 89.1 Å². The first-order valence-electron chi connectivity index (χ1n) is 28.0. The highest BCUT2D eigenvalue weighted by atomic mass is 35.5. The third kappa shape index (κ3) is 14.1. The Balaban J connectivity index is 0.689. The fraction of sp³-hybridized carbons (Fsp3) is 0.350. The minimum absolute atomic E-state index is 0.00342. The zero-order valence-electron chi connectivity index (χ0n) is 47.2. The molecule has 5 N–H and O–H groups in total. The van der Waals surface area contributed by atoms with Crippen molar-refractivity contribution in [3.05, 3.63) is 146 Å². The maximum Gasteiger partial charge on any atom is 0.293 e. The van der Waals surface area contributed by atoms with E-state index in [9.17, 15) is 47.3 Å². The average Bonchev–Trinajstić information content (AvgIpc) is 1.80. The normalized spacial score (nSPS) is 17.1. The Kier molecular flexibility index (Phi) is 18.4. The molecule has 24 nitrogen and oxygen atoms in total. The Bertz CT molecular complexity index is 3770. The molecule has 0 spiro atoms. The summed E-state index contributed by atoms with van der Waals surface area (Å²) in [6, 6.07) is 23.0. The van der Waals surface area contributed by atoms with Gasteiger partial charge in [-0.25, -0.2) is 18.1 Å². The van der Waals surface area contributed by atoms with Crippen molar-refractivity contribution in [3.8, 4) is 17.2 Å². The van der Waals surface area contributed by atoms with Crippen LogP contribution in [0.25, 0.3) is 16.6 Å². The third-order valence-electron chi connectivity index (χ3n) is 15.3. The van der Waals surface area contributed by atoms with Crippen LogP contribution in [0.1, 0.15) is 82.6 Å². The number of carbonyl (C=O) groups is 6. The summed E-state index contributed by atoms with van der Waals surface area (Å²) in [5.41, 5.74) is 4.86. The highest BCUT2D eigenvalue weighted by molar-refractivity contribution is 7.90. The summed E-state index contributed by atoms with van der Waals surface area (Å²) >= 11 is 6.26. The van der Waals surface area contributed by atoms with E-state index < -0.39 is 73.6 Å². The number of nitro groups is 1. The summed E-state index contributed by atoms with van der Waals surface area (Å²) in [6.07, 6.45) is 6.28. The SMILES string of the molecule is CC1(C)CCC(CN2CCN(c3ccc(C(=O)NS(=O)(=O)c4ccc(NCCOCCOCCNC(=O)COc5cccc6c5C(=O)N(C5CCC(=O)NC5=O)C6=O)c([N+](=O)[O-])c4)c(Oc4cnc5[nH]ccc5c4)c3)CC2)=C(c2ccc(Cl)cc2)C1. The van der Waals surface area contributed by atoms with E-state index in [-0.39, 0.29) is 91.7 Å². The van der Waals surface area contributed by atoms with E-state index in [2.05, 4.69) is 66.4 Å². The molecular weight excluding hydrogens is 1150 g/mol. The van der Waals surface area contributed by atoms with Gasteiger partial charge in [0.25, 0.3) is 39.3 Å². The number of H-pyrrole nitrogens is 1. The number of piperazine rings is 1. The lowest BCUT2D eigenvalue weighted by Crippen LogP contribution is -2.54. The van der Waals surface area contributed by atoms with Crippen LogP contribution in [0, 0.1) is 15.5 Å². The number of aromatic nitrogens is 2. The van der Waals surface area contributed by atoms with Crippen molar-refractivity contribution in [1.82, 2.24) is 35.1 Å². The Labute approximate surface area is 499 Å². The largest absolute Gasteiger partial charge is 0.483 e. The van der Waals surface area contributed by atoms with Gasteiger partial charge in [0.1, 0.15) is 34.6 Å². The molecule has 2 saturated heterocycles. The number of aromatic amines is 1. The molecule has 6 aromatic rings. The number of imide groups is 2. The number of hydrogen-bond donors (Lipinski definition) is 5. The number of ether oxygens (including phenoxy) is 4. The highest BCUT2D eigenvalue weighted by Crippen LogP contribution is 2.44. The van der Waals surface area contributed by atoms with Gasteiger partial charge in [0, 0.05) is 86.7 Å². The summed E-state index contributed by atoms with van der Waals surface area (Å²) in [5, 5.41) is 21.4. The zero-order chi connectivity index (χ0) is 60.7. The first-order chi connectivity index (χ1) is 41.3. The van der Waals surface area contributed by atoms with Gasteiger partial charge >= 0.3 is 0 Å². The number of allylic oxidation sites excluding steroid dienone is 1. The number of nitrogens with zero attached hydrogens (tertiary/aromatic N) is 5. The second kappa shape index (κ2) is 26.3. The van der Waals surface area contributed by atoms with Crippen LogP contribution in [-0.2, 0) is 33.9 Å². The van der Waals surface area contributed by atoms with Crippen LogP contribution in [0.5, 0.6) is 17.2 Å². The molecule has 0 bridgehead atoms. The standard InChI is InChI=1S/C60H63ClN10O14S/c1-60(2)18-16-39(46(33-60)37-6-8-40(61)9-7-37)35-68-22-24-69(25-23-68)41-10-12-44(51(31-41)85-42-30-38-17-19-64-55(38)65-34-42)56(74)67-86(80,81)43-11-13-47(49(32-43)71(78)79)62-20-26-82-28-29-83-27-21-63-53(73)36-84-50-5-3-4-45-54(50)59(77)70(58(45)76)48-14-15-52(72)66-57(48)75/h3-13,17,19,30-32,34,48,62H,14-16,18,20-29,33,35-36H2,1-2H3,(H,63,73)(H,64,65)(H,67,74)(H,66,72,75). The molecule has 0 radical (unpaired) electrons. The molecule has 1 atom stereocenters. The van der Waals surface area contributed by atoms with Gasteiger partial charge in [0.05, 0.1) is 59.1 Å². The molecule has 5 heterocycles. The summed E-state index contributed by atoms with van der Waals surface area (Å²) in [5.74, 6) is -3.94. The minimum atomic E-state index is -4.68. The van der Waals surface area contributed by atoms with Crippen LogP contribution < -0.4 is 35.0 Å². The van der Waals surface area contributed by atoms with Gasteiger partial charge in [0.15, 0.2) is 6.61 Å². The fourth-order valence-electron chi connectivity index (χ4n) is 10.8. The molecule has 4 aliphatic rings. The predicted molar refractivity (Wildman–Crippen MR) is 317 cm³/mol. The Morgan fingerprint density at radius 1 is 0.872 bits per heavy atom. The van der Waals surface area contributed by atoms with Crippen LogP contribution in [0.15, 0.2) is 114 Å². The molecule has 2 aromatic heterocycles. The maximum absolute atomic E-state index is 14.1. The number of nitrogens with one attached hydrogen (secondary N) is 5. The number of fused-ring (bicyclic) bond motifs is 2. The molecule has 86 heavy (non-hydrogen) atoms. The van der Waals surface area contributed by atoms with Gasteiger partial charge in [-0.05, 0) is 103 Å². The number of amides is 6. The van der Waals surface area contributed by atoms with Crippen LogP contribution in [0.4, 0.5) is 17.1 Å². The molecule has 3 aliphatic heterocycles. The Hall–Kier alpha value is -8.75. The molecule has 450 valence electrons. The van der Waals surface area contributed by atoms with Gasteiger partial charge in [-0.3, -0.25) is 54.0 Å². The van der Waals surface area contributed by atoms with E-state index in [0.717, 1.165) is 67.0 Å². The van der Waals surface area contributed by atoms with E-state index >= 15 is 0 Å². The molecule has 6 amide bonds. The van der Waals surface area contributed by atoms with Crippen molar-refractivity contribution in [2.24, 2.45) is 5.41 Å². The lowest BCUT2D eigenvalue weighted by atomic mass is 9.72. The third-order valence-corrected chi connectivity index (χ3v) is 16.9. The number of sulfonamides is 1. The van der Waals surface area contributed by atoms with Gasteiger partial charge in [-0.15, -0.1) is 0 Å². The number of hydrogen-bond acceptors (Lipinski definition) is 18. The molecule has 1 unspecified atom stereocenters. The molecule has 1 aliphatic carbocycles. The molecule has 0 saturated carbocycles. The quantitative estimate of drug-likeness (QED) is 0.0179. The first kappa shape index (κ1) is 60.4. The summed E-state index contributed by atoms with van der Waals surface area (Å²) in [6.45, 7) is 8.49. The van der Waals surface area contributed by atoms with Crippen LogP contribution >= 0.6 is 11.6 Å². The van der Waals surface area contributed by atoms with Crippen molar-refractivity contribution in [2.45, 2.75) is 56.9 Å². The van der Waals surface area contributed by atoms with Crippen LogP contribution in [0.3, 0.4) is 0 Å². The predicted octanol–water partition coefficient (Wildman–Crippen LogP) is 6.86. The number of pyridine rings is 1. The molecule has 10 rings (SSSR count). The van der Waals surface area contributed by atoms with E-state index in [4.69, 9.17) is 30.5 Å². The molecule has 2 fully saturated rings. The van der Waals surface area contributed by atoms with Crippen LogP contribution in [0.2, 0.25) is 5.02 Å². The van der Waals surface area contributed by atoms with Crippen molar-refractivity contribution in [3.63, 3.8) is 0 Å². The Morgan fingerprint density at radius 2 is 1.64 bits per heavy atom. The Morgan fingerprint density at radius 3 is 2.40 bits per heavy atom. The number of rotatable bonds is 24. The van der Waals surface area contributed by atoms with Crippen molar-refractivity contribution in [1.29, 1.82) is 0 Å². The first-order valence-corrected chi connectivity index (χ1v) is 29.8. The topological polar surface area (TPSA) is 303 Å². The van der Waals surface area contributed by atoms with Crippen molar-refractivity contribution >= 4 is 90.7 Å². The molecular formula is C60H63ClN10O14S. The number of nitro benzene ring substituents is 1. The second-order valence-corrected chi connectivity index (χ2v) is 24.0. The lowest BCUT2D eigenvalue weighted by molar-refractivity contribution is -0.384. The summed E-state index contributed by atoms with van der Waals surface area (Å²) in [4.78, 5) is 101. The lowest BCUT2D eigenvalue weighted by Gasteiger charge is -2.39. The van der Waals surface area contributed by atoms with Gasteiger partial charge in [0.2, 0.25) is 11.8 Å². The van der Waals surface area contributed by atoms with Gasteiger partial charge in [-0.1, -0.05) is 49.2 Å². The number of anilines is 2. The maximum atomic E-state index is 14.1. The van der Waals surface area contributed by atoms with Gasteiger partial charge < -0.3 is 39.5 Å². The van der Waals surface area contributed by atoms with E-state index in [1.54, 1.807) is 24.4 Å². The van der Waals surface area contributed by atoms with Crippen molar-refractivity contribution < 1.29 is 61.1 Å². The fourth-order valence-corrected chi connectivity index (χ4v) is 11.9. The number of piperidine rings is 1. The molecule has 4 aromatic carbocycles. The number of benzene rings is 4. The zero-order valence-corrected chi connectivity index (χ0v) is 48.7. The highest BCUT2D eigenvalue weighted by Gasteiger charge is 2.46. The van der Waals surface area contributed by atoms with Gasteiger partial charge in [-0.2, -0.15) is 0 Å². The number of carbonyl (C=O) groups excluding carboxylic acids is 6. The van der Waals surface area contributed by atoms with E-state index in [1.807, 2.05) is 18.2 Å². The monoisotopic (exact) mass is 1210 g/mol. The van der Waals surface area contributed by atoms with Crippen LogP contribution in [-0.4, -0.2) is 153 Å². The average molecular weight is 1220 g/mol. The van der Waals surface area contributed by atoms with E-state index in [0.29, 0.717) is 29.5 Å². The van der Waals surface area contributed by atoms with E-state index in [1.165, 1.54) is 53.2 Å². The summed E-state index contributed by atoms with van der Waals surface area (Å²) < 4.78 is 52.8. The summed E-state index contributed by atoms with van der Waals surface area (Å²) in [7, 11) is -4.68.